The molecule has 0 aromatic heterocycles. The first-order chi connectivity index (χ1) is 7.81. The minimum Gasteiger partial charge on any atom is -0.314 e. The van der Waals surface area contributed by atoms with Gasteiger partial charge in [0.15, 0.2) is 0 Å². The lowest BCUT2D eigenvalue weighted by molar-refractivity contribution is 0.152. The normalized spacial score (nSPS) is 29.7. The summed E-state index contributed by atoms with van der Waals surface area (Å²) >= 11 is 0. The molecule has 2 fully saturated rings. The molecule has 0 aromatic carbocycles. The van der Waals surface area contributed by atoms with E-state index in [0.29, 0.717) is 0 Å². The average Bonchev–Trinajstić information content (AvgIpc) is 2.69. The monoisotopic (exact) mass is 297 g/mol. The van der Waals surface area contributed by atoms with E-state index in [0.717, 1.165) is 12.1 Å². The molecule has 0 aromatic rings. The largest absolute Gasteiger partial charge is 0.314 e. The Labute approximate surface area is 124 Å². The summed E-state index contributed by atoms with van der Waals surface area (Å²) < 4.78 is 0. The molecule has 2 unspecified atom stereocenters. The maximum absolute atomic E-state index is 3.42. The number of hydrogen-bond acceptors (Lipinski definition) is 3. The molecule has 0 amide bonds. The molecule has 2 saturated heterocycles. The van der Waals surface area contributed by atoms with Crippen LogP contribution in [0.25, 0.3) is 0 Å². The first-order valence-corrected chi connectivity index (χ1v) is 7.00. The summed E-state index contributed by atoms with van der Waals surface area (Å²) in [7, 11) is 0. The highest BCUT2D eigenvalue weighted by Gasteiger charge is 2.28. The van der Waals surface area contributed by atoms with Crippen LogP contribution in [-0.4, -0.2) is 61.2 Å². The Balaban J connectivity index is 0.00000144. The van der Waals surface area contributed by atoms with E-state index in [9.17, 15) is 0 Å². The van der Waals surface area contributed by atoms with Crippen LogP contribution in [0, 0.1) is 0 Å². The van der Waals surface area contributed by atoms with E-state index >= 15 is 0 Å². The van der Waals surface area contributed by atoms with Gasteiger partial charge in [0.2, 0.25) is 0 Å². The van der Waals surface area contributed by atoms with Gasteiger partial charge in [-0.05, 0) is 26.2 Å². The van der Waals surface area contributed by atoms with Crippen molar-refractivity contribution in [2.45, 2.75) is 45.2 Å². The van der Waals surface area contributed by atoms with Crippen LogP contribution in [0.15, 0.2) is 0 Å². The summed E-state index contributed by atoms with van der Waals surface area (Å²) in [5, 5.41) is 3.42. The van der Waals surface area contributed by atoms with E-state index in [-0.39, 0.29) is 24.8 Å². The second kappa shape index (κ2) is 9.38. The van der Waals surface area contributed by atoms with Crippen molar-refractivity contribution < 1.29 is 0 Å². The van der Waals surface area contributed by atoms with Crippen LogP contribution in [0.4, 0.5) is 0 Å². The lowest BCUT2D eigenvalue weighted by atomic mass is 10.1. The summed E-state index contributed by atoms with van der Waals surface area (Å²) in [6.07, 6.45) is 4.14. The Morgan fingerprint density at radius 3 is 2.33 bits per heavy atom. The van der Waals surface area contributed by atoms with Gasteiger partial charge in [-0.3, -0.25) is 9.80 Å². The van der Waals surface area contributed by atoms with Gasteiger partial charge in [0, 0.05) is 51.4 Å². The van der Waals surface area contributed by atoms with Crippen LogP contribution in [0.2, 0.25) is 0 Å². The summed E-state index contributed by atoms with van der Waals surface area (Å²) in [5.41, 5.74) is 0. The molecule has 110 valence electrons. The van der Waals surface area contributed by atoms with Gasteiger partial charge in [-0.1, -0.05) is 6.92 Å². The highest BCUT2D eigenvalue weighted by molar-refractivity contribution is 5.85. The SMILES string of the molecule is CCC1CCC(C)N1CCN1CCNCC1.Cl.Cl. The van der Waals surface area contributed by atoms with Crippen molar-refractivity contribution in [1.82, 2.24) is 15.1 Å². The average molecular weight is 298 g/mol. The van der Waals surface area contributed by atoms with Crippen LogP contribution in [-0.2, 0) is 0 Å². The van der Waals surface area contributed by atoms with Crippen LogP contribution < -0.4 is 5.32 Å². The molecule has 2 heterocycles. The van der Waals surface area contributed by atoms with E-state index < -0.39 is 0 Å². The Bertz CT molecular complexity index is 210. The molecule has 2 atom stereocenters. The smallest absolute Gasteiger partial charge is 0.0115 e. The topological polar surface area (TPSA) is 18.5 Å². The van der Waals surface area contributed by atoms with Gasteiger partial charge < -0.3 is 5.32 Å². The Kier molecular flexibility index (Phi) is 9.62. The molecule has 2 rings (SSSR count). The predicted molar refractivity (Wildman–Crippen MR) is 83.3 cm³/mol. The van der Waals surface area contributed by atoms with Crippen molar-refractivity contribution in [1.29, 1.82) is 0 Å². The number of rotatable bonds is 4. The van der Waals surface area contributed by atoms with Crippen LogP contribution in [0.3, 0.4) is 0 Å². The summed E-state index contributed by atoms with van der Waals surface area (Å²) in [6, 6.07) is 1.67. The van der Waals surface area contributed by atoms with Crippen molar-refractivity contribution >= 4 is 24.8 Å². The van der Waals surface area contributed by atoms with Crippen molar-refractivity contribution in [3.63, 3.8) is 0 Å². The fraction of sp³-hybridized carbons (Fsp3) is 1.00. The van der Waals surface area contributed by atoms with Gasteiger partial charge in [0.05, 0.1) is 0 Å². The number of piperazine rings is 1. The van der Waals surface area contributed by atoms with E-state index in [4.69, 9.17) is 0 Å². The summed E-state index contributed by atoms with van der Waals surface area (Å²) in [4.78, 5) is 5.34. The Morgan fingerprint density at radius 1 is 1.06 bits per heavy atom. The summed E-state index contributed by atoms with van der Waals surface area (Å²) in [6.45, 7) is 12.1. The number of nitrogens with one attached hydrogen (secondary N) is 1. The van der Waals surface area contributed by atoms with E-state index in [1.165, 1.54) is 58.5 Å². The second-order valence-corrected chi connectivity index (χ2v) is 5.32. The highest BCUT2D eigenvalue weighted by Crippen LogP contribution is 2.25. The third kappa shape index (κ3) is 4.86. The molecular formula is C13H29Cl2N3. The van der Waals surface area contributed by atoms with E-state index in [1.54, 1.807) is 0 Å². The Morgan fingerprint density at radius 2 is 1.72 bits per heavy atom. The van der Waals surface area contributed by atoms with Gasteiger partial charge in [0.1, 0.15) is 0 Å². The molecule has 5 heteroatoms. The molecule has 2 aliphatic rings. The van der Waals surface area contributed by atoms with Gasteiger partial charge in [-0.25, -0.2) is 0 Å². The molecule has 0 radical (unpaired) electrons. The predicted octanol–water partition coefficient (Wildman–Crippen LogP) is 2.00. The van der Waals surface area contributed by atoms with Gasteiger partial charge in [0.25, 0.3) is 0 Å². The zero-order chi connectivity index (χ0) is 11.4. The third-order valence-corrected chi connectivity index (χ3v) is 4.31. The van der Waals surface area contributed by atoms with E-state index in [1.807, 2.05) is 0 Å². The number of nitrogens with zero attached hydrogens (tertiary/aromatic N) is 2. The molecule has 1 N–H and O–H groups in total. The zero-order valence-electron chi connectivity index (χ0n) is 11.7. The molecular weight excluding hydrogens is 269 g/mol. The summed E-state index contributed by atoms with van der Waals surface area (Å²) in [5.74, 6) is 0. The number of halogens is 2. The van der Waals surface area contributed by atoms with Crippen molar-refractivity contribution in [3.8, 4) is 0 Å². The van der Waals surface area contributed by atoms with Gasteiger partial charge >= 0.3 is 0 Å². The van der Waals surface area contributed by atoms with Crippen molar-refractivity contribution in [2.24, 2.45) is 0 Å². The second-order valence-electron chi connectivity index (χ2n) is 5.32. The molecule has 0 aliphatic carbocycles. The fourth-order valence-electron chi connectivity index (χ4n) is 3.16. The molecule has 18 heavy (non-hydrogen) atoms. The van der Waals surface area contributed by atoms with Crippen LogP contribution >= 0.6 is 24.8 Å². The van der Waals surface area contributed by atoms with Crippen molar-refractivity contribution in [3.05, 3.63) is 0 Å². The maximum atomic E-state index is 3.42. The molecule has 2 aliphatic heterocycles. The van der Waals surface area contributed by atoms with Crippen LogP contribution in [0.1, 0.15) is 33.1 Å². The molecule has 0 saturated carbocycles. The third-order valence-electron chi connectivity index (χ3n) is 4.31. The number of likely N-dealkylation sites (tertiary alicyclic amines) is 1. The van der Waals surface area contributed by atoms with Crippen molar-refractivity contribution in [2.75, 3.05) is 39.3 Å². The zero-order valence-corrected chi connectivity index (χ0v) is 13.4. The quantitative estimate of drug-likeness (QED) is 0.856. The lowest BCUT2D eigenvalue weighted by Gasteiger charge is -2.32. The first kappa shape index (κ1) is 18.5. The maximum Gasteiger partial charge on any atom is 0.0115 e. The van der Waals surface area contributed by atoms with Gasteiger partial charge in [-0.15, -0.1) is 24.8 Å². The molecule has 0 bridgehead atoms. The lowest BCUT2D eigenvalue weighted by Crippen LogP contribution is -2.47. The molecule has 3 nitrogen and oxygen atoms in total. The minimum absolute atomic E-state index is 0. The highest BCUT2D eigenvalue weighted by atomic mass is 35.5. The van der Waals surface area contributed by atoms with Crippen LogP contribution in [0.5, 0.6) is 0 Å². The standard InChI is InChI=1S/C13H27N3.2ClH/c1-3-13-5-4-12(2)16(13)11-10-15-8-6-14-7-9-15;;/h12-14H,3-11H2,1-2H3;2*1H. The first-order valence-electron chi connectivity index (χ1n) is 7.00. The van der Waals surface area contributed by atoms with E-state index in [2.05, 4.69) is 29.0 Å². The molecule has 0 spiro atoms. The minimum atomic E-state index is 0. The fourth-order valence-corrected chi connectivity index (χ4v) is 3.16. The Hall–Kier alpha value is 0.460. The van der Waals surface area contributed by atoms with Gasteiger partial charge in [-0.2, -0.15) is 0 Å². The number of hydrogen-bond donors (Lipinski definition) is 1.